The summed E-state index contributed by atoms with van der Waals surface area (Å²) in [6, 6.07) is 9.60. The summed E-state index contributed by atoms with van der Waals surface area (Å²) in [4.78, 5) is 15.0. The fourth-order valence-corrected chi connectivity index (χ4v) is 1.11. The van der Waals surface area contributed by atoms with E-state index in [0.29, 0.717) is 6.54 Å². The van der Waals surface area contributed by atoms with E-state index in [0.717, 1.165) is 5.56 Å². The highest BCUT2D eigenvalue weighted by Gasteiger charge is 2.25. The molecule has 1 aromatic carbocycles. The molecule has 1 fully saturated rings. The lowest BCUT2D eigenvalue weighted by Crippen LogP contribution is -2.52. The number of β-lactam (4-membered cyclic amide) rings is 1. The predicted molar refractivity (Wildman–Crippen MR) is 50.8 cm³/mol. The van der Waals surface area contributed by atoms with Crippen molar-refractivity contribution in [2.75, 3.05) is 6.54 Å². The van der Waals surface area contributed by atoms with E-state index in [1.165, 1.54) is 0 Å². The molecule has 1 N–H and O–H groups in total. The first-order valence-electron chi connectivity index (χ1n) is 4.22. The van der Waals surface area contributed by atoms with Crippen LogP contribution in [0.4, 0.5) is 0 Å². The zero-order valence-electron chi connectivity index (χ0n) is 7.10. The predicted octanol–water partition coefficient (Wildman–Crippen LogP) is 0.604. The maximum absolute atomic E-state index is 10.8. The highest BCUT2D eigenvalue weighted by atomic mass is 16.2. The molecular weight excluding hydrogens is 164 g/mol. The van der Waals surface area contributed by atoms with Crippen molar-refractivity contribution in [2.45, 2.75) is 6.04 Å². The minimum atomic E-state index is -0.166. The van der Waals surface area contributed by atoms with Crippen molar-refractivity contribution in [3.05, 3.63) is 35.9 Å². The summed E-state index contributed by atoms with van der Waals surface area (Å²) in [7, 11) is 0. The van der Waals surface area contributed by atoms with Gasteiger partial charge in [0.25, 0.3) is 0 Å². The number of amides is 1. The van der Waals surface area contributed by atoms with Crippen LogP contribution < -0.4 is 5.32 Å². The number of hydrogen-bond donors (Lipinski definition) is 1. The number of nitrogens with zero attached hydrogens (tertiary/aromatic N) is 1. The van der Waals surface area contributed by atoms with Gasteiger partial charge in [0, 0.05) is 12.8 Å². The Hall–Kier alpha value is -1.64. The third kappa shape index (κ3) is 1.75. The molecule has 1 atom stereocenters. The van der Waals surface area contributed by atoms with Crippen LogP contribution >= 0.6 is 0 Å². The first-order valence-corrected chi connectivity index (χ1v) is 4.22. The molecule has 0 saturated carbocycles. The summed E-state index contributed by atoms with van der Waals surface area (Å²) in [5.74, 6) is 0.0205. The molecule has 0 bridgehead atoms. The van der Waals surface area contributed by atoms with Gasteiger partial charge in [0.2, 0.25) is 5.91 Å². The first-order chi connectivity index (χ1) is 6.36. The van der Waals surface area contributed by atoms with E-state index >= 15 is 0 Å². The summed E-state index contributed by atoms with van der Waals surface area (Å²) in [6.45, 7) is 0.669. The van der Waals surface area contributed by atoms with Gasteiger partial charge in [0.1, 0.15) is 6.04 Å². The lowest BCUT2D eigenvalue weighted by molar-refractivity contribution is -0.127. The third-order valence-corrected chi connectivity index (χ3v) is 1.98. The van der Waals surface area contributed by atoms with Crippen LogP contribution in [0.5, 0.6) is 0 Å². The van der Waals surface area contributed by atoms with E-state index in [1.54, 1.807) is 6.21 Å². The highest BCUT2D eigenvalue weighted by molar-refractivity contribution is 5.90. The van der Waals surface area contributed by atoms with Crippen LogP contribution in [0.1, 0.15) is 5.56 Å². The summed E-state index contributed by atoms with van der Waals surface area (Å²) < 4.78 is 0. The Morgan fingerprint density at radius 2 is 2.15 bits per heavy atom. The monoisotopic (exact) mass is 174 g/mol. The minimum Gasteiger partial charge on any atom is -0.351 e. The van der Waals surface area contributed by atoms with Gasteiger partial charge in [-0.25, -0.2) is 0 Å². The summed E-state index contributed by atoms with van der Waals surface area (Å²) in [5, 5.41) is 2.64. The van der Waals surface area contributed by atoms with E-state index in [1.807, 2.05) is 30.3 Å². The molecule has 1 aliphatic rings. The van der Waals surface area contributed by atoms with Crippen LogP contribution in [-0.4, -0.2) is 24.7 Å². The second kappa shape index (κ2) is 3.39. The van der Waals surface area contributed by atoms with Crippen molar-refractivity contribution in [3.63, 3.8) is 0 Å². The molecule has 2 rings (SSSR count). The smallest absolute Gasteiger partial charge is 0.246 e. The Morgan fingerprint density at radius 3 is 2.69 bits per heavy atom. The molecule has 1 aliphatic heterocycles. The molecule has 0 aliphatic carbocycles. The maximum Gasteiger partial charge on any atom is 0.246 e. The van der Waals surface area contributed by atoms with Crippen molar-refractivity contribution in [2.24, 2.45) is 4.99 Å². The molecule has 66 valence electrons. The van der Waals surface area contributed by atoms with Gasteiger partial charge in [-0.05, 0) is 5.56 Å². The van der Waals surface area contributed by atoms with Crippen molar-refractivity contribution < 1.29 is 4.79 Å². The molecule has 3 nitrogen and oxygen atoms in total. The normalized spacial score (nSPS) is 21.2. The second-order valence-corrected chi connectivity index (χ2v) is 2.95. The molecule has 1 heterocycles. The SMILES string of the molecule is O=C1NC[C@@H]1/N=C/c1ccccc1. The van der Waals surface area contributed by atoms with Crippen LogP contribution in [0.25, 0.3) is 0 Å². The van der Waals surface area contributed by atoms with Crippen LogP contribution in [0.15, 0.2) is 35.3 Å². The zero-order chi connectivity index (χ0) is 9.10. The van der Waals surface area contributed by atoms with E-state index in [4.69, 9.17) is 0 Å². The van der Waals surface area contributed by atoms with Gasteiger partial charge in [-0.2, -0.15) is 0 Å². The summed E-state index contributed by atoms with van der Waals surface area (Å²) >= 11 is 0. The highest BCUT2D eigenvalue weighted by Crippen LogP contribution is 2.01. The molecule has 3 heteroatoms. The van der Waals surface area contributed by atoms with Gasteiger partial charge in [-0.15, -0.1) is 0 Å². The Bertz CT molecular complexity index is 332. The Balaban J connectivity index is 2.01. The molecule has 13 heavy (non-hydrogen) atoms. The summed E-state index contributed by atoms with van der Waals surface area (Å²) in [5.41, 5.74) is 1.03. The van der Waals surface area contributed by atoms with E-state index in [9.17, 15) is 4.79 Å². The number of nitrogens with one attached hydrogen (secondary N) is 1. The van der Waals surface area contributed by atoms with Crippen molar-refractivity contribution in [3.8, 4) is 0 Å². The van der Waals surface area contributed by atoms with Gasteiger partial charge in [0.05, 0.1) is 0 Å². The van der Waals surface area contributed by atoms with Crippen molar-refractivity contribution >= 4 is 12.1 Å². The Morgan fingerprint density at radius 1 is 1.38 bits per heavy atom. The maximum atomic E-state index is 10.8. The van der Waals surface area contributed by atoms with Gasteiger partial charge in [-0.1, -0.05) is 30.3 Å². The second-order valence-electron chi connectivity index (χ2n) is 2.95. The summed E-state index contributed by atoms with van der Waals surface area (Å²) in [6.07, 6.45) is 1.74. The molecule has 1 saturated heterocycles. The van der Waals surface area contributed by atoms with Crippen molar-refractivity contribution in [1.82, 2.24) is 5.32 Å². The van der Waals surface area contributed by atoms with Crippen LogP contribution in [0.3, 0.4) is 0 Å². The fraction of sp³-hybridized carbons (Fsp3) is 0.200. The van der Waals surface area contributed by atoms with Crippen LogP contribution in [0, 0.1) is 0 Å². The van der Waals surface area contributed by atoms with E-state index in [-0.39, 0.29) is 11.9 Å². The number of carbonyl (C=O) groups excluding carboxylic acids is 1. The molecule has 0 unspecified atom stereocenters. The molecule has 1 aromatic rings. The standard InChI is InChI=1S/C10H10N2O/c13-10-9(7-12-10)11-6-8-4-2-1-3-5-8/h1-6,9H,7H2,(H,12,13)/b11-6+/t9-/m0/s1. The van der Waals surface area contributed by atoms with Crippen molar-refractivity contribution in [1.29, 1.82) is 0 Å². The zero-order valence-corrected chi connectivity index (χ0v) is 7.10. The minimum absolute atomic E-state index is 0.0205. The van der Waals surface area contributed by atoms with Gasteiger partial charge >= 0.3 is 0 Å². The number of benzene rings is 1. The topological polar surface area (TPSA) is 41.5 Å². The quantitative estimate of drug-likeness (QED) is 0.518. The van der Waals surface area contributed by atoms with Gasteiger partial charge in [0.15, 0.2) is 0 Å². The molecule has 0 radical (unpaired) electrons. The average molecular weight is 174 g/mol. The molecule has 1 amide bonds. The van der Waals surface area contributed by atoms with Gasteiger partial charge < -0.3 is 5.32 Å². The Labute approximate surface area is 76.5 Å². The number of aliphatic imine (C=N–C) groups is 1. The first kappa shape index (κ1) is 7.98. The van der Waals surface area contributed by atoms with Gasteiger partial charge in [-0.3, -0.25) is 9.79 Å². The number of hydrogen-bond acceptors (Lipinski definition) is 2. The third-order valence-electron chi connectivity index (χ3n) is 1.98. The molecule has 0 spiro atoms. The van der Waals surface area contributed by atoms with Crippen LogP contribution in [0.2, 0.25) is 0 Å². The number of carbonyl (C=O) groups is 1. The lowest BCUT2D eigenvalue weighted by Gasteiger charge is -2.21. The lowest BCUT2D eigenvalue weighted by atomic mass is 10.1. The number of rotatable bonds is 2. The van der Waals surface area contributed by atoms with E-state index in [2.05, 4.69) is 10.3 Å². The largest absolute Gasteiger partial charge is 0.351 e. The average Bonchev–Trinajstić information content (AvgIpc) is 2.17. The van der Waals surface area contributed by atoms with E-state index < -0.39 is 0 Å². The van der Waals surface area contributed by atoms with Crippen LogP contribution in [-0.2, 0) is 4.79 Å². The fourth-order valence-electron chi connectivity index (χ4n) is 1.11. The Kier molecular flexibility index (Phi) is 2.08. The molecular formula is C10H10N2O. The molecule has 0 aromatic heterocycles.